The van der Waals surface area contributed by atoms with E-state index in [0.717, 1.165) is 17.6 Å². The molecule has 19 heavy (non-hydrogen) atoms. The number of anilines is 1. The first kappa shape index (κ1) is 13.8. The zero-order valence-corrected chi connectivity index (χ0v) is 12.1. The predicted octanol–water partition coefficient (Wildman–Crippen LogP) is 1.17. The van der Waals surface area contributed by atoms with Gasteiger partial charge in [0.05, 0.1) is 13.2 Å². The highest BCUT2D eigenvalue weighted by Crippen LogP contribution is 2.27. The van der Waals surface area contributed by atoms with Crippen molar-refractivity contribution in [2.24, 2.45) is 5.92 Å². The summed E-state index contributed by atoms with van der Waals surface area (Å²) in [5.74, 6) is 1.24. The Labute approximate surface area is 113 Å². The van der Waals surface area contributed by atoms with E-state index in [2.05, 4.69) is 37.2 Å². The molecule has 3 N–H and O–H groups in total. The number of rotatable bonds is 4. The van der Waals surface area contributed by atoms with Crippen molar-refractivity contribution in [2.75, 3.05) is 12.3 Å². The van der Waals surface area contributed by atoms with E-state index in [1.54, 1.807) is 10.9 Å². The van der Waals surface area contributed by atoms with Gasteiger partial charge in [0.25, 0.3) is 0 Å². The van der Waals surface area contributed by atoms with Gasteiger partial charge in [0.1, 0.15) is 5.39 Å². The number of aromatic nitrogens is 3. The van der Waals surface area contributed by atoms with Crippen LogP contribution in [-0.2, 0) is 13.1 Å². The van der Waals surface area contributed by atoms with Crippen molar-refractivity contribution in [3.05, 3.63) is 17.6 Å². The fraction of sp³-hybridized carbons (Fsp3) is 0.571. The third-order valence-corrected chi connectivity index (χ3v) is 3.58. The molecule has 0 unspecified atom stereocenters. The van der Waals surface area contributed by atoms with Crippen LogP contribution in [0.25, 0.3) is 11.0 Å². The molecular formula is C14H23N4O+. The molecule has 104 valence electrons. The minimum Gasteiger partial charge on any atom is -0.393 e. The SMILES string of the molecule is Cc1c(C)n(CC(C)C)c2nc[n+](CCO)c(N)c12. The topological polar surface area (TPSA) is 68.0 Å². The number of aliphatic hydroxyl groups is 1. The van der Waals surface area contributed by atoms with Gasteiger partial charge in [-0.05, 0) is 25.3 Å². The van der Waals surface area contributed by atoms with E-state index in [-0.39, 0.29) is 6.61 Å². The molecule has 0 saturated carbocycles. The largest absolute Gasteiger partial charge is 0.393 e. The van der Waals surface area contributed by atoms with Crippen molar-refractivity contribution in [2.45, 2.75) is 40.8 Å². The van der Waals surface area contributed by atoms with E-state index in [0.29, 0.717) is 18.3 Å². The Bertz CT molecular complexity index is 601. The standard InChI is InChI=1S/C14H22N4O/c1-9(2)7-18-11(4)10(3)12-13(15)17(5-6-19)8-16-14(12)18/h8-9,15,19H,5-7H2,1-4H3/p+1. The van der Waals surface area contributed by atoms with E-state index in [4.69, 9.17) is 10.8 Å². The van der Waals surface area contributed by atoms with E-state index in [9.17, 15) is 0 Å². The summed E-state index contributed by atoms with van der Waals surface area (Å²) in [6.45, 7) is 10.0. The van der Waals surface area contributed by atoms with Crippen molar-refractivity contribution >= 4 is 16.9 Å². The summed E-state index contributed by atoms with van der Waals surface area (Å²) >= 11 is 0. The predicted molar refractivity (Wildman–Crippen MR) is 75.7 cm³/mol. The lowest BCUT2D eigenvalue weighted by atomic mass is 10.2. The molecule has 5 nitrogen and oxygen atoms in total. The second-order valence-corrected chi connectivity index (χ2v) is 5.46. The van der Waals surface area contributed by atoms with E-state index >= 15 is 0 Å². The van der Waals surface area contributed by atoms with Crippen LogP contribution < -0.4 is 10.3 Å². The van der Waals surface area contributed by atoms with Gasteiger partial charge in [-0.2, -0.15) is 0 Å². The van der Waals surface area contributed by atoms with Gasteiger partial charge in [-0.3, -0.25) is 0 Å². The maximum absolute atomic E-state index is 9.05. The Morgan fingerprint density at radius 2 is 2.11 bits per heavy atom. The average Bonchev–Trinajstić information content (AvgIpc) is 2.58. The van der Waals surface area contributed by atoms with E-state index in [1.807, 2.05) is 0 Å². The first-order valence-corrected chi connectivity index (χ1v) is 6.71. The van der Waals surface area contributed by atoms with Gasteiger partial charge < -0.3 is 15.4 Å². The summed E-state index contributed by atoms with van der Waals surface area (Å²) in [6.07, 6.45) is 1.71. The highest BCUT2D eigenvalue weighted by molar-refractivity contribution is 5.89. The molecule has 0 aliphatic carbocycles. The molecule has 2 aromatic heterocycles. The Balaban J connectivity index is 2.68. The summed E-state index contributed by atoms with van der Waals surface area (Å²) in [4.78, 5) is 4.53. The lowest BCUT2D eigenvalue weighted by Gasteiger charge is -2.09. The number of hydrogen-bond donors (Lipinski definition) is 2. The number of nitrogen functional groups attached to an aromatic ring is 1. The zero-order valence-electron chi connectivity index (χ0n) is 12.1. The highest BCUT2D eigenvalue weighted by Gasteiger charge is 2.21. The number of aryl methyl sites for hydroxylation is 1. The molecule has 5 heteroatoms. The Morgan fingerprint density at radius 3 is 2.68 bits per heavy atom. The monoisotopic (exact) mass is 263 g/mol. The van der Waals surface area contributed by atoms with Crippen molar-refractivity contribution in [3.8, 4) is 0 Å². The fourth-order valence-electron chi connectivity index (χ4n) is 2.49. The third-order valence-electron chi connectivity index (χ3n) is 3.58. The molecule has 0 radical (unpaired) electrons. The molecule has 2 heterocycles. The lowest BCUT2D eigenvalue weighted by molar-refractivity contribution is -0.685. The molecular weight excluding hydrogens is 240 g/mol. The number of nitrogens with two attached hydrogens (primary N) is 1. The van der Waals surface area contributed by atoms with Crippen LogP contribution in [0.3, 0.4) is 0 Å². The maximum Gasteiger partial charge on any atom is 0.232 e. The van der Waals surface area contributed by atoms with Gasteiger partial charge in [-0.1, -0.05) is 18.8 Å². The Kier molecular flexibility index (Phi) is 3.75. The number of hydrogen-bond acceptors (Lipinski definition) is 3. The van der Waals surface area contributed by atoms with Gasteiger partial charge >= 0.3 is 0 Å². The second kappa shape index (κ2) is 5.17. The first-order chi connectivity index (χ1) is 8.97. The second-order valence-electron chi connectivity index (χ2n) is 5.46. The van der Waals surface area contributed by atoms with Crippen LogP contribution in [0.4, 0.5) is 5.82 Å². The van der Waals surface area contributed by atoms with Crippen LogP contribution >= 0.6 is 0 Å². The van der Waals surface area contributed by atoms with Crippen molar-refractivity contribution in [3.63, 3.8) is 0 Å². The maximum atomic E-state index is 9.05. The van der Waals surface area contributed by atoms with Crippen molar-refractivity contribution in [1.29, 1.82) is 0 Å². The van der Waals surface area contributed by atoms with Crippen LogP contribution in [-0.4, -0.2) is 21.3 Å². The molecule has 0 aliphatic heterocycles. The summed E-state index contributed by atoms with van der Waals surface area (Å²) in [6, 6.07) is 0. The highest BCUT2D eigenvalue weighted by atomic mass is 16.3. The molecule has 0 spiro atoms. The quantitative estimate of drug-likeness (QED) is 0.814. The van der Waals surface area contributed by atoms with E-state index < -0.39 is 0 Å². The lowest BCUT2D eigenvalue weighted by Crippen LogP contribution is -2.39. The normalized spacial score (nSPS) is 11.7. The van der Waals surface area contributed by atoms with Crippen LogP contribution in [0.1, 0.15) is 25.1 Å². The Hall–Kier alpha value is -1.62. The molecule has 0 atom stereocenters. The molecule has 2 rings (SSSR count). The summed E-state index contributed by atoms with van der Waals surface area (Å²) in [5, 5.41) is 10.1. The van der Waals surface area contributed by atoms with Gasteiger partial charge in [0.15, 0.2) is 0 Å². The summed E-state index contributed by atoms with van der Waals surface area (Å²) < 4.78 is 4.03. The van der Waals surface area contributed by atoms with Crippen LogP contribution in [0, 0.1) is 19.8 Å². The van der Waals surface area contributed by atoms with Gasteiger partial charge in [-0.15, -0.1) is 0 Å². The van der Waals surface area contributed by atoms with Crippen molar-refractivity contribution < 1.29 is 9.67 Å². The molecule has 2 aromatic rings. The molecule has 0 fully saturated rings. The minimum atomic E-state index is 0.0623. The molecule has 0 bridgehead atoms. The van der Waals surface area contributed by atoms with Crippen LogP contribution in [0.2, 0.25) is 0 Å². The molecule has 0 amide bonds. The smallest absolute Gasteiger partial charge is 0.232 e. The van der Waals surface area contributed by atoms with Crippen molar-refractivity contribution in [1.82, 2.24) is 9.55 Å². The molecule has 0 saturated heterocycles. The Morgan fingerprint density at radius 1 is 1.42 bits per heavy atom. The number of fused-ring (bicyclic) bond motifs is 1. The third kappa shape index (κ3) is 2.30. The van der Waals surface area contributed by atoms with Crippen LogP contribution in [0.15, 0.2) is 6.33 Å². The minimum absolute atomic E-state index is 0.0623. The molecule has 0 aliphatic rings. The van der Waals surface area contributed by atoms with Gasteiger partial charge in [0, 0.05) is 12.2 Å². The van der Waals surface area contributed by atoms with E-state index in [1.165, 1.54) is 11.3 Å². The van der Waals surface area contributed by atoms with Crippen LogP contribution in [0.5, 0.6) is 0 Å². The first-order valence-electron chi connectivity index (χ1n) is 6.71. The molecule has 0 aromatic carbocycles. The average molecular weight is 263 g/mol. The number of nitrogens with zero attached hydrogens (tertiary/aromatic N) is 3. The van der Waals surface area contributed by atoms with Gasteiger partial charge in [0.2, 0.25) is 17.8 Å². The number of aliphatic hydroxyl groups excluding tert-OH is 1. The zero-order chi connectivity index (χ0) is 14.2. The fourth-order valence-corrected chi connectivity index (χ4v) is 2.49. The summed E-state index contributed by atoms with van der Waals surface area (Å²) in [5.41, 5.74) is 9.54. The summed E-state index contributed by atoms with van der Waals surface area (Å²) in [7, 11) is 0. The van der Waals surface area contributed by atoms with Gasteiger partial charge in [-0.25, -0.2) is 4.57 Å².